The number of benzene rings is 1. The van der Waals surface area contributed by atoms with Crippen LogP contribution in [-0.4, -0.2) is 22.0 Å². The van der Waals surface area contributed by atoms with E-state index in [2.05, 4.69) is 10.3 Å². The number of carboxylic acids is 1. The average molecular weight is 304 g/mol. The van der Waals surface area contributed by atoms with Crippen molar-refractivity contribution in [3.63, 3.8) is 0 Å². The monoisotopic (exact) mass is 304 g/mol. The van der Waals surface area contributed by atoms with E-state index in [0.717, 1.165) is 22.5 Å². The maximum atomic E-state index is 12.2. The SMILES string of the molecule is Cc1ccc(C(=O)NC(C)c2ncc(C(=O)O)s2)cc1C. The van der Waals surface area contributed by atoms with Crippen LogP contribution >= 0.6 is 11.3 Å². The predicted molar refractivity (Wildman–Crippen MR) is 80.9 cm³/mol. The van der Waals surface area contributed by atoms with Gasteiger partial charge in [0.1, 0.15) is 9.88 Å². The van der Waals surface area contributed by atoms with Crippen molar-refractivity contribution in [1.29, 1.82) is 0 Å². The fourth-order valence-electron chi connectivity index (χ4n) is 1.81. The summed E-state index contributed by atoms with van der Waals surface area (Å²) in [6.45, 7) is 5.72. The number of carboxylic acid groups (broad SMARTS) is 1. The highest BCUT2D eigenvalue weighted by Crippen LogP contribution is 2.20. The number of carbonyl (C=O) groups excluding carboxylic acids is 1. The Bertz CT molecular complexity index is 694. The molecule has 1 amide bonds. The second-order valence-corrected chi connectivity index (χ2v) is 5.92. The summed E-state index contributed by atoms with van der Waals surface area (Å²) in [7, 11) is 0. The average Bonchev–Trinajstić information content (AvgIpc) is 2.91. The second-order valence-electron chi connectivity index (χ2n) is 4.86. The van der Waals surface area contributed by atoms with Crippen molar-refractivity contribution in [3.05, 3.63) is 51.0 Å². The standard InChI is InChI=1S/C15H16N2O3S/c1-8-4-5-11(6-9(8)2)13(18)17-10(3)14-16-7-12(21-14)15(19)20/h4-7,10H,1-3H3,(H,17,18)(H,19,20). The van der Waals surface area contributed by atoms with Gasteiger partial charge in [-0.2, -0.15) is 0 Å². The Hall–Kier alpha value is -2.21. The van der Waals surface area contributed by atoms with Gasteiger partial charge in [-0.15, -0.1) is 11.3 Å². The lowest BCUT2D eigenvalue weighted by Gasteiger charge is -2.12. The highest BCUT2D eigenvalue weighted by Gasteiger charge is 2.17. The molecule has 0 aliphatic carbocycles. The van der Waals surface area contributed by atoms with Gasteiger partial charge < -0.3 is 10.4 Å². The summed E-state index contributed by atoms with van der Waals surface area (Å²) in [5, 5.41) is 12.3. The molecule has 0 bridgehead atoms. The molecule has 1 aromatic heterocycles. The van der Waals surface area contributed by atoms with Gasteiger partial charge in [0.25, 0.3) is 5.91 Å². The second kappa shape index (κ2) is 6.05. The third-order valence-electron chi connectivity index (χ3n) is 3.22. The third-order valence-corrected chi connectivity index (χ3v) is 4.39. The molecule has 1 atom stereocenters. The van der Waals surface area contributed by atoms with Crippen molar-refractivity contribution in [2.24, 2.45) is 0 Å². The minimum atomic E-state index is -1.01. The molecule has 2 N–H and O–H groups in total. The number of aryl methyl sites for hydroxylation is 2. The highest BCUT2D eigenvalue weighted by atomic mass is 32.1. The maximum Gasteiger partial charge on any atom is 0.347 e. The molecule has 1 unspecified atom stereocenters. The lowest BCUT2D eigenvalue weighted by atomic mass is 10.1. The van der Waals surface area contributed by atoms with Gasteiger partial charge in [-0.1, -0.05) is 6.07 Å². The zero-order valence-corrected chi connectivity index (χ0v) is 12.8. The highest BCUT2D eigenvalue weighted by molar-refractivity contribution is 7.13. The number of hydrogen-bond donors (Lipinski definition) is 2. The Morgan fingerprint density at radius 1 is 1.29 bits per heavy atom. The summed E-state index contributed by atoms with van der Waals surface area (Å²) >= 11 is 1.07. The zero-order valence-electron chi connectivity index (χ0n) is 12.0. The van der Waals surface area contributed by atoms with Crippen molar-refractivity contribution in [2.75, 3.05) is 0 Å². The van der Waals surface area contributed by atoms with Crippen molar-refractivity contribution in [1.82, 2.24) is 10.3 Å². The third kappa shape index (κ3) is 3.46. The van der Waals surface area contributed by atoms with E-state index >= 15 is 0 Å². The first-order valence-corrected chi connectivity index (χ1v) is 7.27. The summed E-state index contributed by atoms with van der Waals surface area (Å²) in [5.41, 5.74) is 2.77. The molecule has 2 aromatic rings. The van der Waals surface area contributed by atoms with Gasteiger partial charge in [0.15, 0.2) is 0 Å². The Balaban J connectivity index is 2.10. The zero-order chi connectivity index (χ0) is 15.6. The lowest BCUT2D eigenvalue weighted by Crippen LogP contribution is -2.26. The number of hydrogen-bond acceptors (Lipinski definition) is 4. The molecule has 110 valence electrons. The molecule has 0 fully saturated rings. The largest absolute Gasteiger partial charge is 0.477 e. The van der Waals surface area contributed by atoms with Gasteiger partial charge in [0.05, 0.1) is 12.2 Å². The topological polar surface area (TPSA) is 79.3 Å². The van der Waals surface area contributed by atoms with Crippen LogP contribution in [0.25, 0.3) is 0 Å². The molecule has 0 radical (unpaired) electrons. The Labute approximate surface area is 126 Å². The molecule has 6 heteroatoms. The molecular formula is C15H16N2O3S. The van der Waals surface area contributed by atoms with Crippen molar-refractivity contribution >= 4 is 23.2 Å². The van der Waals surface area contributed by atoms with Gasteiger partial charge >= 0.3 is 5.97 Å². The molecule has 2 rings (SSSR count). The number of aromatic nitrogens is 1. The molecule has 0 aliphatic heterocycles. The lowest BCUT2D eigenvalue weighted by molar-refractivity contribution is 0.0701. The van der Waals surface area contributed by atoms with E-state index in [1.54, 1.807) is 13.0 Å². The molecule has 0 saturated carbocycles. The minimum Gasteiger partial charge on any atom is -0.477 e. The summed E-state index contributed by atoms with van der Waals surface area (Å²) in [5.74, 6) is -1.20. The van der Waals surface area contributed by atoms with Gasteiger partial charge in [-0.05, 0) is 44.0 Å². The molecule has 0 saturated heterocycles. The van der Waals surface area contributed by atoms with E-state index in [1.807, 2.05) is 26.0 Å². The molecule has 1 aromatic carbocycles. The van der Waals surface area contributed by atoms with Crippen molar-refractivity contribution in [3.8, 4) is 0 Å². The van der Waals surface area contributed by atoms with E-state index in [4.69, 9.17) is 5.11 Å². The van der Waals surface area contributed by atoms with Gasteiger partial charge in [-0.3, -0.25) is 4.79 Å². The Morgan fingerprint density at radius 3 is 2.57 bits per heavy atom. The quantitative estimate of drug-likeness (QED) is 0.910. The summed E-state index contributed by atoms with van der Waals surface area (Å²) in [4.78, 5) is 27.2. The first kappa shape index (κ1) is 15.2. The smallest absolute Gasteiger partial charge is 0.347 e. The fourth-order valence-corrected chi connectivity index (χ4v) is 2.57. The van der Waals surface area contributed by atoms with E-state index < -0.39 is 5.97 Å². The predicted octanol–water partition coefficient (Wildman–Crippen LogP) is 2.95. The van der Waals surface area contributed by atoms with Gasteiger partial charge in [0, 0.05) is 5.56 Å². The van der Waals surface area contributed by atoms with Crippen molar-refractivity contribution < 1.29 is 14.7 Å². The number of carbonyl (C=O) groups is 2. The number of rotatable bonds is 4. The van der Waals surface area contributed by atoms with Crippen LogP contribution < -0.4 is 5.32 Å². The van der Waals surface area contributed by atoms with E-state index in [-0.39, 0.29) is 16.8 Å². The molecule has 21 heavy (non-hydrogen) atoms. The molecule has 5 nitrogen and oxygen atoms in total. The number of thiazole rings is 1. The first-order chi connectivity index (χ1) is 9.88. The molecule has 0 aliphatic rings. The number of nitrogens with zero attached hydrogens (tertiary/aromatic N) is 1. The number of amides is 1. The van der Waals surface area contributed by atoms with Crippen LogP contribution in [0.15, 0.2) is 24.4 Å². The summed E-state index contributed by atoms with van der Waals surface area (Å²) in [6, 6.07) is 5.18. The van der Waals surface area contributed by atoms with E-state index in [9.17, 15) is 9.59 Å². The molecular weight excluding hydrogens is 288 g/mol. The Morgan fingerprint density at radius 2 is 2.00 bits per heavy atom. The van der Waals surface area contributed by atoms with Gasteiger partial charge in [0.2, 0.25) is 0 Å². The van der Waals surface area contributed by atoms with E-state index in [0.29, 0.717) is 10.6 Å². The number of aromatic carboxylic acids is 1. The van der Waals surface area contributed by atoms with Crippen molar-refractivity contribution in [2.45, 2.75) is 26.8 Å². The van der Waals surface area contributed by atoms with Gasteiger partial charge in [-0.25, -0.2) is 9.78 Å². The van der Waals surface area contributed by atoms with Crippen LogP contribution in [0.2, 0.25) is 0 Å². The van der Waals surface area contributed by atoms with Crippen LogP contribution in [0.5, 0.6) is 0 Å². The number of nitrogens with one attached hydrogen (secondary N) is 1. The van der Waals surface area contributed by atoms with Crippen LogP contribution in [0.1, 0.15) is 49.1 Å². The minimum absolute atomic E-state index is 0.164. The summed E-state index contributed by atoms with van der Waals surface area (Å²) < 4.78 is 0. The van der Waals surface area contributed by atoms with Crippen LogP contribution in [0, 0.1) is 13.8 Å². The van der Waals surface area contributed by atoms with E-state index in [1.165, 1.54) is 6.20 Å². The van der Waals surface area contributed by atoms with Crippen LogP contribution in [-0.2, 0) is 0 Å². The molecule has 1 heterocycles. The normalized spacial score (nSPS) is 12.0. The maximum absolute atomic E-state index is 12.2. The first-order valence-electron chi connectivity index (χ1n) is 6.45. The fraction of sp³-hybridized carbons (Fsp3) is 0.267. The van der Waals surface area contributed by atoms with Crippen LogP contribution in [0.4, 0.5) is 0 Å². The molecule has 0 spiro atoms. The Kier molecular flexibility index (Phi) is 4.37. The summed E-state index contributed by atoms with van der Waals surface area (Å²) in [6.07, 6.45) is 1.31. The van der Waals surface area contributed by atoms with Crippen LogP contribution in [0.3, 0.4) is 0 Å².